The molecule has 2 aromatic carbocycles. The predicted molar refractivity (Wildman–Crippen MR) is 91.9 cm³/mol. The van der Waals surface area contributed by atoms with Gasteiger partial charge in [-0.05, 0) is 71.2 Å². The summed E-state index contributed by atoms with van der Waals surface area (Å²) in [5, 5.41) is 2.81. The van der Waals surface area contributed by atoms with Gasteiger partial charge in [-0.3, -0.25) is 4.79 Å². The SMILES string of the molecule is Cc1cc(C)cc(OCC(=O)Nc2ccc(Br)cc2Br)c1. The van der Waals surface area contributed by atoms with Crippen LogP contribution < -0.4 is 10.1 Å². The van der Waals surface area contributed by atoms with Gasteiger partial charge in [-0.15, -0.1) is 0 Å². The molecule has 0 atom stereocenters. The summed E-state index contributed by atoms with van der Waals surface area (Å²) in [5.41, 5.74) is 2.94. The fraction of sp³-hybridized carbons (Fsp3) is 0.188. The summed E-state index contributed by atoms with van der Waals surface area (Å²) in [5.74, 6) is 0.509. The largest absolute Gasteiger partial charge is 0.484 e. The zero-order valence-electron chi connectivity index (χ0n) is 11.7. The third-order valence-electron chi connectivity index (χ3n) is 2.77. The molecular formula is C16H15Br2NO2. The standard InChI is InChI=1S/C16H15Br2NO2/c1-10-5-11(2)7-13(6-10)21-9-16(20)19-15-4-3-12(17)8-14(15)18/h3-8H,9H2,1-2H3,(H,19,20). The molecule has 0 saturated heterocycles. The maximum absolute atomic E-state index is 11.9. The van der Waals surface area contributed by atoms with Gasteiger partial charge >= 0.3 is 0 Å². The Balaban J connectivity index is 1.95. The number of carbonyl (C=O) groups is 1. The van der Waals surface area contributed by atoms with Crippen molar-refractivity contribution in [1.82, 2.24) is 0 Å². The van der Waals surface area contributed by atoms with Crippen LogP contribution in [0.5, 0.6) is 5.75 Å². The van der Waals surface area contributed by atoms with Crippen LogP contribution in [0.3, 0.4) is 0 Å². The van der Waals surface area contributed by atoms with E-state index in [9.17, 15) is 4.79 Å². The molecular weight excluding hydrogens is 398 g/mol. The van der Waals surface area contributed by atoms with Crippen molar-refractivity contribution in [2.24, 2.45) is 0 Å². The number of ether oxygens (including phenoxy) is 1. The summed E-state index contributed by atoms with van der Waals surface area (Å²) in [6, 6.07) is 11.5. The minimum absolute atomic E-state index is 0.0224. The molecule has 3 nitrogen and oxygen atoms in total. The predicted octanol–water partition coefficient (Wildman–Crippen LogP) is 4.85. The smallest absolute Gasteiger partial charge is 0.262 e. The molecule has 0 unspecified atom stereocenters. The molecule has 2 aromatic rings. The van der Waals surface area contributed by atoms with Crippen molar-refractivity contribution in [2.45, 2.75) is 13.8 Å². The van der Waals surface area contributed by atoms with Crippen LogP contribution in [0.25, 0.3) is 0 Å². The second-order valence-electron chi connectivity index (χ2n) is 4.78. The molecule has 0 aliphatic heterocycles. The van der Waals surface area contributed by atoms with Crippen molar-refractivity contribution in [2.75, 3.05) is 11.9 Å². The van der Waals surface area contributed by atoms with Gasteiger partial charge in [-0.25, -0.2) is 0 Å². The summed E-state index contributed by atoms with van der Waals surface area (Å²) in [6.45, 7) is 3.98. The van der Waals surface area contributed by atoms with E-state index in [0.29, 0.717) is 11.4 Å². The lowest BCUT2D eigenvalue weighted by Crippen LogP contribution is -2.20. The van der Waals surface area contributed by atoms with Gasteiger partial charge in [0.05, 0.1) is 5.69 Å². The molecule has 1 N–H and O–H groups in total. The lowest BCUT2D eigenvalue weighted by atomic mass is 10.1. The highest BCUT2D eigenvalue weighted by atomic mass is 79.9. The highest BCUT2D eigenvalue weighted by Crippen LogP contribution is 2.26. The van der Waals surface area contributed by atoms with Crippen molar-refractivity contribution < 1.29 is 9.53 Å². The maximum Gasteiger partial charge on any atom is 0.262 e. The van der Waals surface area contributed by atoms with Crippen LogP contribution >= 0.6 is 31.9 Å². The number of halogens is 2. The number of hydrogen-bond donors (Lipinski definition) is 1. The average molecular weight is 413 g/mol. The van der Waals surface area contributed by atoms with Crippen molar-refractivity contribution in [3.63, 3.8) is 0 Å². The zero-order chi connectivity index (χ0) is 15.4. The molecule has 0 saturated carbocycles. The molecule has 0 heterocycles. The summed E-state index contributed by atoms with van der Waals surface area (Å²) < 4.78 is 7.29. The fourth-order valence-corrected chi connectivity index (χ4v) is 3.09. The Morgan fingerprint density at radius 1 is 1.10 bits per heavy atom. The van der Waals surface area contributed by atoms with E-state index in [1.807, 2.05) is 44.2 Å². The Morgan fingerprint density at radius 2 is 1.76 bits per heavy atom. The number of nitrogens with one attached hydrogen (secondary N) is 1. The summed E-state index contributed by atoms with van der Waals surface area (Å²) in [6.07, 6.45) is 0. The number of benzene rings is 2. The van der Waals surface area contributed by atoms with Crippen LogP contribution in [0.1, 0.15) is 11.1 Å². The van der Waals surface area contributed by atoms with Crippen LogP contribution in [0.4, 0.5) is 5.69 Å². The first-order valence-electron chi connectivity index (χ1n) is 6.40. The molecule has 2 rings (SSSR count). The highest BCUT2D eigenvalue weighted by Gasteiger charge is 2.07. The number of carbonyl (C=O) groups excluding carboxylic acids is 1. The van der Waals surface area contributed by atoms with Gasteiger partial charge in [0.1, 0.15) is 5.75 Å². The van der Waals surface area contributed by atoms with Crippen LogP contribution in [0, 0.1) is 13.8 Å². The maximum atomic E-state index is 11.9. The van der Waals surface area contributed by atoms with E-state index in [4.69, 9.17) is 4.74 Å². The molecule has 110 valence electrons. The van der Waals surface area contributed by atoms with Crippen molar-refractivity contribution in [1.29, 1.82) is 0 Å². The molecule has 21 heavy (non-hydrogen) atoms. The number of rotatable bonds is 4. The van der Waals surface area contributed by atoms with E-state index in [2.05, 4.69) is 43.2 Å². The quantitative estimate of drug-likeness (QED) is 0.779. The van der Waals surface area contributed by atoms with Gasteiger partial charge in [0.25, 0.3) is 5.91 Å². The molecule has 0 aliphatic carbocycles. The minimum Gasteiger partial charge on any atom is -0.484 e. The fourth-order valence-electron chi connectivity index (χ4n) is 1.94. The Morgan fingerprint density at radius 3 is 2.38 bits per heavy atom. The minimum atomic E-state index is -0.197. The van der Waals surface area contributed by atoms with E-state index >= 15 is 0 Å². The Bertz CT molecular complexity index is 651. The lowest BCUT2D eigenvalue weighted by molar-refractivity contribution is -0.118. The van der Waals surface area contributed by atoms with Gasteiger partial charge < -0.3 is 10.1 Å². The Kier molecular flexibility index (Phi) is 5.42. The average Bonchev–Trinajstić information content (AvgIpc) is 2.39. The van der Waals surface area contributed by atoms with Crippen LogP contribution in [0.15, 0.2) is 45.3 Å². The van der Waals surface area contributed by atoms with Gasteiger partial charge in [0.2, 0.25) is 0 Å². The number of aryl methyl sites for hydroxylation is 2. The van der Waals surface area contributed by atoms with Crippen LogP contribution in [0.2, 0.25) is 0 Å². The van der Waals surface area contributed by atoms with Gasteiger partial charge in [0, 0.05) is 8.95 Å². The second-order valence-corrected chi connectivity index (χ2v) is 6.55. The first-order valence-corrected chi connectivity index (χ1v) is 7.98. The molecule has 1 amide bonds. The second kappa shape index (κ2) is 7.09. The molecule has 5 heteroatoms. The molecule has 0 radical (unpaired) electrons. The number of anilines is 1. The molecule has 0 spiro atoms. The third kappa shape index (κ3) is 4.86. The van der Waals surface area contributed by atoms with E-state index < -0.39 is 0 Å². The monoisotopic (exact) mass is 411 g/mol. The Labute approximate surface area is 141 Å². The van der Waals surface area contributed by atoms with E-state index in [1.54, 1.807) is 0 Å². The summed E-state index contributed by atoms with van der Waals surface area (Å²) in [4.78, 5) is 11.9. The molecule has 0 fully saturated rings. The highest BCUT2D eigenvalue weighted by molar-refractivity contribution is 9.11. The zero-order valence-corrected chi connectivity index (χ0v) is 14.9. The third-order valence-corrected chi connectivity index (χ3v) is 3.92. The van der Waals surface area contributed by atoms with Crippen molar-refractivity contribution in [3.05, 3.63) is 56.5 Å². The first kappa shape index (κ1) is 16.0. The van der Waals surface area contributed by atoms with E-state index in [-0.39, 0.29) is 12.5 Å². The summed E-state index contributed by atoms with van der Waals surface area (Å²) in [7, 11) is 0. The summed E-state index contributed by atoms with van der Waals surface area (Å²) >= 11 is 6.78. The van der Waals surface area contributed by atoms with Gasteiger partial charge in [0.15, 0.2) is 6.61 Å². The van der Waals surface area contributed by atoms with Crippen molar-refractivity contribution in [3.8, 4) is 5.75 Å². The topological polar surface area (TPSA) is 38.3 Å². The van der Waals surface area contributed by atoms with Gasteiger partial charge in [-0.1, -0.05) is 22.0 Å². The van der Waals surface area contributed by atoms with Crippen LogP contribution in [-0.4, -0.2) is 12.5 Å². The Hall–Kier alpha value is -1.33. The number of hydrogen-bond acceptors (Lipinski definition) is 2. The molecule has 0 aliphatic rings. The molecule has 0 bridgehead atoms. The van der Waals surface area contributed by atoms with E-state index in [0.717, 1.165) is 20.1 Å². The lowest BCUT2D eigenvalue weighted by Gasteiger charge is -2.10. The van der Waals surface area contributed by atoms with Crippen LogP contribution in [-0.2, 0) is 4.79 Å². The van der Waals surface area contributed by atoms with Gasteiger partial charge in [-0.2, -0.15) is 0 Å². The number of amides is 1. The van der Waals surface area contributed by atoms with Crippen molar-refractivity contribution >= 4 is 43.5 Å². The molecule has 0 aromatic heterocycles. The normalized spacial score (nSPS) is 10.3. The van der Waals surface area contributed by atoms with E-state index in [1.165, 1.54) is 0 Å². The first-order chi connectivity index (χ1) is 9.94.